The minimum absolute atomic E-state index is 0.0111. The number of aliphatic hydroxyl groups is 1. The van der Waals surface area contributed by atoms with Gasteiger partial charge in [-0.2, -0.15) is 5.10 Å². The summed E-state index contributed by atoms with van der Waals surface area (Å²) < 4.78 is 0. The third kappa shape index (κ3) is 2.13. The molecule has 1 aromatic carbocycles. The fourth-order valence-corrected chi connectivity index (χ4v) is 2.15. The summed E-state index contributed by atoms with van der Waals surface area (Å²) in [5, 5.41) is 16.6. The Morgan fingerprint density at radius 3 is 2.58 bits per heavy atom. The molecule has 0 radical (unpaired) electrons. The molecule has 0 bridgehead atoms. The third-order valence-corrected chi connectivity index (χ3v) is 3.09. The average Bonchev–Trinajstić information content (AvgIpc) is 2.97. The van der Waals surface area contributed by atoms with Gasteiger partial charge in [0.05, 0.1) is 18.5 Å². The van der Waals surface area contributed by atoms with E-state index in [9.17, 15) is 5.11 Å². The summed E-state index contributed by atoms with van der Waals surface area (Å²) in [7, 11) is 0. The minimum atomic E-state index is 0.0111. The molecule has 0 fully saturated rings. The molecule has 0 aliphatic heterocycles. The molecular formula is C15H13N3O. The van der Waals surface area contributed by atoms with Crippen molar-refractivity contribution in [2.75, 3.05) is 0 Å². The van der Waals surface area contributed by atoms with Crippen LogP contribution in [0.4, 0.5) is 0 Å². The van der Waals surface area contributed by atoms with Crippen LogP contribution in [0.3, 0.4) is 0 Å². The largest absolute Gasteiger partial charge is 0.392 e. The molecule has 19 heavy (non-hydrogen) atoms. The molecule has 0 saturated heterocycles. The van der Waals surface area contributed by atoms with E-state index in [0.29, 0.717) is 0 Å². The van der Waals surface area contributed by atoms with Crippen LogP contribution in [0.5, 0.6) is 0 Å². The maximum atomic E-state index is 9.44. The fraction of sp³-hybridized carbons (Fsp3) is 0.0667. The van der Waals surface area contributed by atoms with E-state index in [2.05, 4.69) is 15.2 Å². The van der Waals surface area contributed by atoms with Crippen molar-refractivity contribution >= 4 is 0 Å². The third-order valence-electron chi connectivity index (χ3n) is 3.09. The second-order valence-corrected chi connectivity index (χ2v) is 4.21. The van der Waals surface area contributed by atoms with Gasteiger partial charge in [0.2, 0.25) is 0 Å². The molecule has 0 unspecified atom stereocenters. The smallest absolute Gasteiger partial charge is 0.0729 e. The molecule has 4 heteroatoms. The first-order valence-electron chi connectivity index (χ1n) is 6.03. The second kappa shape index (κ2) is 5.04. The highest BCUT2D eigenvalue weighted by atomic mass is 16.3. The Kier molecular flexibility index (Phi) is 3.08. The van der Waals surface area contributed by atoms with E-state index in [-0.39, 0.29) is 6.61 Å². The zero-order chi connectivity index (χ0) is 13.1. The molecule has 94 valence electrons. The molecule has 3 rings (SSSR count). The second-order valence-electron chi connectivity index (χ2n) is 4.21. The number of aromatic amines is 1. The summed E-state index contributed by atoms with van der Waals surface area (Å²) in [6.45, 7) is 0.0111. The van der Waals surface area contributed by atoms with Gasteiger partial charge in [0.25, 0.3) is 0 Å². The summed E-state index contributed by atoms with van der Waals surface area (Å²) in [6.07, 6.45) is 5.28. The number of hydrogen-bond donors (Lipinski definition) is 2. The van der Waals surface area contributed by atoms with Crippen molar-refractivity contribution in [3.63, 3.8) is 0 Å². The number of pyridine rings is 1. The van der Waals surface area contributed by atoms with Crippen LogP contribution in [-0.4, -0.2) is 20.3 Å². The van der Waals surface area contributed by atoms with Gasteiger partial charge in [-0.3, -0.25) is 10.1 Å². The number of hydrogen-bond acceptors (Lipinski definition) is 3. The van der Waals surface area contributed by atoms with Crippen molar-refractivity contribution in [2.45, 2.75) is 6.61 Å². The van der Waals surface area contributed by atoms with Gasteiger partial charge < -0.3 is 5.11 Å². The Morgan fingerprint density at radius 1 is 1.00 bits per heavy atom. The van der Waals surface area contributed by atoms with E-state index < -0.39 is 0 Å². The van der Waals surface area contributed by atoms with Crippen LogP contribution in [0.2, 0.25) is 0 Å². The minimum Gasteiger partial charge on any atom is -0.392 e. The van der Waals surface area contributed by atoms with Gasteiger partial charge in [-0.1, -0.05) is 24.3 Å². The number of nitrogens with zero attached hydrogens (tertiary/aromatic N) is 2. The summed E-state index contributed by atoms with van der Waals surface area (Å²) in [5.41, 5.74) is 4.82. The first kappa shape index (κ1) is 11.6. The van der Waals surface area contributed by atoms with Crippen LogP contribution in [0.1, 0.15) is 5.56 Å². The van der Waals surface area contributed by atoms with Crippen LogP contribution >= 0.6 is 0 Å². The Balaban J connectivity index is 2.15. The monoisotopic (exact) mass is 251 g/mol. The number of H-pyrrole nitrogens is 1. The van der Waals surface area contributed by atoms with Gasteiger partial charge in [-0.05, 0) is 23.3 Å². The Morgan fingerprint density at radius 2 is 1.79 bits per heavy atom. The number of aliphatic hydroxyl groups excluding tert-OH is 1. The Bertz CT molecular complexity index is 677. The summed E-state index contributed by atoms with van der Waals surface area (Å²) in [4.78, 5) is 4.02. The van der Waals surface area contributed by atoms with Gasteiger partial charge in [-0.25, -0.2) is 0 Å². The molecule has 2 aromatic heterocycles. The van der Waals surface area contributed by atoms with Crippen LogP contribution in [0.15, 0.2) is 55.0 Å². The fourth-order valence-electron chi connectivity index (χ4n) is 2.15. The molecular weight excluding hydrogens is 238 g/mol. The van der Waals surface area contributed by atoms with E-state index in [1.807, 2.05) is 36.4 Å². The first-order valence-corrected chi connectivity index (χ1v) is 6.03. The zero-order valence-corrected chi connectivity index (χ0v) is 10.2. The Labute approximate surface area is 110 Å². The predicted octanol–water partition coefficient (Wildman–Crippen LogP) is 2.63. The highest BCUT2D eigenvalue weighted by molar-refractivity contribution is 5.81. The van der Waals surface area contributed by atoms with Crippen molar-refractivity contribution in [1.29, 1.82) is 0 Å². The number of benzene rings is 1. The molecule has 2 heterocycles. The summed E-state index contributed by atoms with van der Waals surface area (Å²) >= 11 is 0. The van der Waals surface area contributed by atoms with Gasteiger partial charge in [-0.15, -0.1) is 0 Å². The van der Waals surface area contributed by atoms with Gasteiger partial charge >= 0.3 is 0 Å². The quantitative estimate of drug-likeness (QED) is 0.752. The lowest BCUT2D eigenvalue weighted by Gasteiger charge is -2.07. The molecule has 0 atom stereocenters. The van der Waals surface area contributed by atoms with Crippen molar-refractivity contribution in [1.82, 2.24) is 15.2 Å². The Hall–Kier alpha value is -2.46. The van der Waals surface area contributed by atoms with Crippen LogP contribution < -0.4 is 0 Å². The van der Waals surface area contributed by atoms with E-state index in [1.165, 1.54) is 0 Å². The highest BCUT2D eigenvalue weighted by Crippen LogP contribution is 2.31. The van der Waals surface area contributed by atoms with Crippen LogP contribution in [-0.2, 0) is 6.61 Å². The standard InChI is InChI=1S/C15H13N3O/c19-10-12-3-1-2-4-13(12)14-9-17-18-15(14)11-5-7-16-8-6-11/h1-9,19H,10H2,(H,17,18). The van der Waals surface area contributed by atoms with Crippen molar-refractivity contribution < 1.29 is 5.11 Å². The molecule has 0 saturated carbocycles. The van der Waals surface area contributed by atoms with Crippen molar-refractivity contribution in [2.24, 2.45) is 0 Å². The normalized spacial score (nSPS) is 10.6. The van der Waals surface area contributed by atoms with Crippen LogP contribution in [0, 0.1) is 0 Å². The molecule has 0 amide bonds. The molecule has 0 aliphatic carbocycles. The summed E-state index contributed by atoms with van der Waals surface area (Å²) in [5.74, 6) is 0. The lowest BCUT2D eigenvalue weighted by atomic mass is 9.98. The molecule has 2 N–H and O–H groups in total. The van der Waals surface area contributed by atoms with Crippen LogP contribution in [0.25, 0.3) is 22.4 Å². The van der Waals surface area contributed by atoms with E-state index >= 15 is 0 Å². The van der Waals surface area contributed by atoms with Gasteiger partial charge in [0.1, 0.15) is 0 Å². The van der Waals surface area contributed by atoms with Crippen molar-refractivity contribution in [3.05, 3.63) is 60.6 Å². The molecule has 0 spiro atoms. The predicted molar refractivity (Wildman–Crippen MR) is 73.2 cm³/mol. The SMILES string of the molecule is OCc1ccccc1-c1cn[nH]c1-c1ccncc1. The maximum absolute atomic E-state index is 9.44. The van der Waals surface area contributed by atoms with Gasteiger partial charge in [0, 0.05) is 23.5 Å². The first-order chi connectivity index (χ1) is 9.40. The lowest BCUT2D eigenvalue weighted by molar-refractivity contribution is 0.282. The zero-order valence-electron chi connectivity index (χ0n) is 10.2. The maximum Gasteiger partial charge on any atom is 0.0729 e. The number of nitrogens with one attached hydrogen (secondary N) is 1. The molecule has 4 nitrogen and oxygen atoms in total. The van der Waals surface area contributed by atoms with E-state index in [1.54, 1.807) is 18.6 Å². The topological polar surface area (TPSA) is 61.8 Å². The average molecular weight is 251 g/mol. The summed E-state index contributed by atoms with van der Waals surface area (Å²) in [6, 6.07) is 11.6. The lowest BCUT2D eigenvalue weighted by Crippen LogP contribution is -1.90. The van der Waals surface area contributed by atoms with E-state index in [4.69, 9.17) is 0 Å². The van der Waals surface area contributed by atoms with E-state index in [0.717, 1.165) is 27.9 Å². The van der Waals surface area contributed by atoms with Gasteiger partial charge in [0.15, 0.2) is 0 Å². The molecule has 0 aliphatic rings. The molecule has 3 aromatic rings. The number of aromatic nitrogens is 3. The number of rotatable bonds is 3. The highest BCUT2D eigenvalue weighted by Gasteiger charge is 2.12. The van der Waals surface area contributed by atoms with Crippen molar-refractivity contribution in [3.8, 4) is 22.4 Å².